The number of guanidine groups is 1. The van der Waals surface area contributed by atoms with Gasteiger partial charge in [0, 0.05) is 37.8 Å². The Kier molecular flexibility index (Phi) is 8.25. The molecule has 0 spiro atoms. The van der Waals surface area contributed by atoms with E-state index in [1.54, 1.807) is 14.2 Å². The van der Waals surface area contributed by atoms with Gasteiger partial charge in [-0.05, 0) is 30.2 Å². The van der Waals surface area contributed by atoms with Crippen molar-refractivity contribution in [2.45, 2.75) is 20.0 Å². The molecule has 0 aromatic heterocycles. The van der Waals surface area contributed by atoms with Crippen molar-refractivity contribution < 1.29 is 9.47 Å². The van der Waals surface area contributed by atoms with Crippen LogP contribution in [0.2, 0.25) is 5.02 Å². The number of aliphatic imine (C=N–C) groups is 1. The SMILES string of the molecule is CN=C(NCc1ccccc1Cl)NCc1ccc(C)cc1OCCOC. The molecule has 0 aliphatic carbocycles. The number of aryl methyl sites for hydroxylation is 1. The molecule has 2 N–H and O–H groups in total. The zero-order chi connectivity index (χ0) is 18.8. The topological polar surface area (TPSA) is 54.9 Å². The maximum Gasteiger partial charge on any atom is 0.191 e. The van der Waals surface area contributed by atoms with Crippen LogP contribution in [0.25, 0.3) is 0 Å². The first-order valence-electron chi connectivity index (χ1n) is 8.53. The van der Waals surface area contributed by atoms with E-state index in [4.69, 9.17) is 21.1 Å². The lowest BCUT2D eigenvalue weighted by Gasteiger charge is -2.16. The van der Waals surface area contributed by atoms with Gasteiger partial charge < -0.3 is 20.1 Å². The summed E-state index contributed by atoms with van der Waals surface area (Å²) in [6.45, 7) is 4.33. The minimum absolute atomic E-state index is 0.520. The molecule has 0 radical (unpaired) electrons. The Morgan fingerprint density at radius 3 is 2.46 bits per heavy atom. The van der Waals surface area contributed by atoms with E-state index < -0.39 is 0 Å². The smallest absolute Gasteiger partial charge is 0.191 e. The molecule has 26 heavy (non-hydrogen) atoms. The van der Waals surface area contributed by atoms with Crippen LogP contribution in [0.5, 0.6) is 5.75 Å². The largest absolute Gasteiger partial charge is 0.491 e. The third kappa shape index (κ3) is 6.24. The number of ether oxygens (including phenoxy) is 2. The van der Waals surface area contributed by atoms with E-state index in [1.807, 2.05) is 37.3 Å². The zero-order valence-electron chi connectivity index (χ0n) is 15.5. The molecule has 0 atom stereocenters. The predicted molar refractivity (Wildman–Crippen MR) is 107 cm³/mol. The van der Waals surface area contributed by atoms with Gasteiger partial charge >= 0.3 is 0 Å². The molecule has 2 aromatic rings. The number of hydrogen-bond donors (Lipinski definition) is 2. The summed E-state index contributed by atoms with van der Waals surface area (Å²) in [5, 5.41) is 7.32. The van der Waals surface area contributed by atoms with Gasteiger partial charge in [0.2, 0.25) is 0 Å². The Bertz CT molecular complexity index is 735. The molecule has 2 rings (SSSR count). The summed E-state index contributed by atoms with van der Waals surface area (Å²) in [4.78, 5) is 4.26. The van der Waals surface area contributed by atoms with E-state index in [-0.39, 0.29) is 0 Å². The van der Waals surface area contributed by atoms with Crippen molar-refractivity contribution in [2.24, 2.45) is 4.99 Å². The van der Waals surface area contributed by atoms with E-state index in [2.05, 4.69) is 27.8 Å². The highest BCUT2D eigenvalue weighted by atomic mass is 35.5. The van der Waals surface area contributed by atoms with Gasteiger partial charge in [0.25, 0.3) is 0 Å². The minimum atomic E-state index is 0.520. The molecule has 0 aliphatic rings. The van der Waals surface area contributed by atoms with Gasteiger partial charge in [0.1, 0.15) is 12.4 Å². The maximum atomic E-state index is 6.19. The molecular weight excluding hydrogens is 350 g/mol. The Morgan fingerprint density at radius 1 is 1.04 bits per heavy atom. The summed E-state index contributed by atoms with van der Waals surface area (Å²) in [5.74, 6) is 1.56. The van der Waals surface area contributed by atoms with Crippen molar-refractivity contribution in [3.05, 3.63) is 64.2 Å². The van der Waals surface area contributed by atoms with Crippen LogP contribution in [0.4, 0.5) is 0 Å². The summed E-state index contributed by atoms with van der Waals surface area (Å²) in [5.41, 5.74) is 3.24. The van der Waals surface area contributed by atoms with Crippen molar-refractivity contribution in [1.29, 1.82) is 0 Å². The molecule has 0 saturated heterocycles. The predicted octanol–water partition coefficient (Wildman–Crippen LogP) is 3.54. The molecule has 0 fully saturated rings. The highest BCUT2D eigenvalue weighted by molar-refractivity contribution is 6.31. The molecule has 6 heteroatoms. The number of halogens is 1. The highest BCUT2D eigenvalue weighted by Gasteiger charge is 2.07. The van der Waals surface area contributed by atoms with Crippen molar-refractivity contribution in [2.75, 3.05) is 27.4 Å². The third-order valence-corrected chi connectivity index (χ3v) is 4.21. The molecule has 0 unspecified atom stereocenters. The van der Waals surface area contributed by atoms with Gasteiger partial charge in [0.15, 0.2) is 5.96 Å². The van der Waals surface area contributed by atoms with Crippen LogP contribution in [0.1, 0.15) is 16.7 Å². The quantitative estimate of drug-likeness (QED) is 0.421. The van der Waals surface area contributed by atoms with E-state index in [0.717, 1.165) is 27.5 Å². The van der Waals surface area contributed by atoms with E-state index >= 15 is 0 Å². The molecular formula is C20H26ClN3O2. The first kappa shape index (κ1) is 20.1. The summed E-state index contributed by atoms with van der Waals surface area (Å²) >= 11 is 6.19. The van der Waals surface area contributed by atoms with Gasteiger partial charge in [-0.25, -0.2) is 0 Å². The monoisotopic (exact) mass is 375 g/mol. The first-order chi connectivity index (χ1) is 12.6. The molecule has 0 amide bonds. The summed E-state index contributed by atoms with van der Waals surface area (Å²) in [7, 11) is 3.41. The fourth-order valence-electron chi connectivity index (χ4n) is 2.40. The molecule has 0 heterocycles. The van der Waals surface area contributed by atoms with Gasteiger partial charge in [0.05, 0.1) is 6.61 Å². The van der Waals surface area contributed by atoms with Gasteiger partial charge in [-0.2, -0.15) is 0 Å². The Balaban J connectivity index is 1.94. The second-order valence-electron chi connectivity index (χ2n) is 5.82. The molecule has 0 saturated carbocycles. The molecule has 0 bridgehead atoms. The van der Waals surface area contributed by atoms with Gasteiger partial charge in [-0.1, -0.05) is 41.9 Å². The van der Waals surface area contributed by atoms with Gasteiger partial charge in [-0.15, -0.1) is 0 Å². The van der Waals surface area contributed by atoms with Crippen LogP contribution in [0.3, 0.4) is 0 Å². The van der Waals surface area contributed by atoms with Crippen LogP contribution in [0, 0.1) is 6.92 Å². The average molecular weight is 376 g/mol. The maximum absolute atomic E-state index is 6.19. The lowest BCUT2D eigenvalue weighted by Crippen LogP contribution is -2.36. The fraction of sp³-hybridized carbons (Fsp3) is 0.350. The highest BCUT2D eigenvalue weighted by Crippen LogP contribution is 2.20. The van der Waals surface area contributed by atoms with Crippen molar-refractivity contribution in [1.82, 2.24) is 10.6 Å². The molecule has 2 aromatic carbocycles. The van der Waals surface area contributed by atoms with Crippen LogP contribution >= 0.6 is 11.6 Å². The summed E-state index contributed by atoms with van der Waals surface area (Å²) in [6, 6.07) is 13.9. The normalized spacial score (nSPS) is 11.3. The minimum Gasteiger partial charge on any atom is -0.491 e. The third-order valence-electron chi connectivity index (χ3n) is 3.84. The summed E-state index contributed by atoms with van der Waals surface area (Å²) < 4.78 is 10.9. The van der Waals surface area contributed by atoms with Gasteiger partial charge in [-0.3, -0.25) is 4.99 Å². The van der Waals surface area contributed by atoms with E-state index in [1.165, 1.54) is 0 Å². The van der Waals surface area contributed by atoms with Crippen LogP contribution in [-0.4, -0.2) is 33.3 Å². The van der Waals surface area contributed by atoms with Crippen molar-refractivity contribution in [3.63, 3.8) is 0 Å². The number of benzene rings is 2. The van der Waals surface area contributed by atoms with E-state index in [9.17, 15) is 0 Å². The standard InChI is InChI=1S/C20H26ClN3O2/c1-15-8-9-17(19(12-15)26-11-10-25-3)14-24-20(22-2)23-13-16-6-4-5-7-18(16)21/h4-9,12H,10-11,13-14H2,1-3H3,(H2,22,23,24). The lowest BCUT2D eigenvalue weighted by atomic mass is 10.1. The Hall–Kier alpha value is -2.24. The van der Waals surface area contributed by atoms with Crippen LogP contribution < -0.4 is 15.4 Å². The number of nitrogens with one attached hydrogen (secondary N) is 2. The van der Waals surface area contributed by atoms with Crippen LogP contribution in [-0.2, 0) is 17.8 Å². The Labute approximate surface area is 160 Å². The van der Waals surface area contributed by atoms with Crippen LogP contribution in [0.15, 0.2) is 47.5 Å². The summed E-state index contributed by atoms with van der Waals surface area (Å²) in [6.07, 6.45) is 0. The zero-order valence-corrected chi connectivity index (χ0v) is 16.3. The number of hydrogen-bond acceptors (Lipinski definition) is 3. The van der Waals surface area contributed by atoms with Crippen molar-refractivity contribution >= 4 is 17.6 Å². The number of methoxy groups -OCH3 is 1. The Morgan fingerprint density at radius 2 is 1.77 bits per heavy atom. The second-order valence-corrected chi connectivity index (χ2v) is 6.23. The number of nitrogens with zero attached hydrogens (tertiary/aromatic N) is 1. The van der Waals surface area contributed by atoms with Crippen molar-refractivity contribution in [3.8, 4) is 5.75 Å². The van der Waals surface area contributed by atoms with E-state index in [0.29, 0.717) is 32.3 Å². The average Bonchev–Trinajstić information content (AvgIpc) is 2.64. The molecule has 5 nitrogen and oxygen atoms in total. The number of rotatable bonds is 8. The first-order valence-corrected chi connectivity index (χ1v) is 8.91. The fourth-order valence-corrected chi connectivity index (χ4v) is 2.60. The lowest BCUT2D eigenvalue weighted by molar-refractivity contribution is 0.145. The molecule has 0 aliphatic heterocycles. The molecule has 140 valence electrons. The second kappa shape index (κ2) is 10.7.